The third kappa shape index (κ3) is 2.73. The largest absolute Gasteiger partial charge is 0.491 e. The molecule has 2 heterocycles. The highest BCUT2D eigenvalue weighted by Crippen LogP contribution is 2.35. The van der Waals surface area contributed by atoms with Gasteiger partial charge in [-0.25, -0.2) is 0 Å². The molecule has 104 valence electrons. The summed E-state index contributed by atoms with van der Waals surface area (Å²) in [6, 6.07) is 12.4. The molecule has 2 aromatic heterocycles. The number of nitrogens with two attached hydrogens (primary N) is 1. The highest BCUT2D eigenvalue weighted by atomic mass is 32.1. The molecule has 0 spiro atoms. The molecule has 3 rings (SSSR count). The molecule has 20 heavy (non-hydrogen) atoms. The van der Waals surface area contributed by atoms with Gasteiger partial charge >= 0.3 is 0 Å². The Morgan fingerprint density at radius 2 is 1.80 bits per heavy atom. The van der Waals surface area contributed by atoms with Crippen molar-refractivity contribution in [2.24, 2.45) is 5.73 Å². The fourth-order valence-electron chi connectivity index (χ4n) is 2.13. The minimum atomic E-state index is -0.0623. The molecule has 4 heteroatoms. The summed E-state index contributed by atoms with van der Waals surface area (Å²) in [4.78, 5) is 1.21. The van der Waals surface area contributed by atoms with E-state index in [-0.39, 0.29) is 12.1 Å². The maximum absolute atomic E-state index is 6.36. The van der Waals surface area contributed by atoms with Gasteiger partial charge in [-0.05, 0) is 49.1 Å². The van der Waals surface area contributed by atoms with Crippen molar-refractivity contribution >= 4 is 32.1 Å². The van der Waals surface area contributed by atoms with Crippen LogP contribution in [0.3, 0.4) is 0 Å². The van der Waals surface area contributed by atoms with Crippen molar-refractivity contribution in [3.63, 3.8) is 0 Å². The Hall–Kier alpha value is -1.36. The first-order valence-electron chi connectivity index (χ1n) is 6.62. The van der Waals surface area contributed by atoms with Gasteiger partial charge in [0.15, 0.2) is 0 Å². The first kappa shape index (κ1) is 13.6. The molecule has 3 aromatic rings. The Labute approximate surface area is 126 Å². The van der Waals surface area contributed by atoms with E-state index in [1.807, 2.05) is 26.0 Å². The average Bonchev–Trinajstić information content (AvgIpc) is 2.98. The van der Waals surface area contributed by atoms with Gasteiger partial charge in [-0.3, -0.25) is 0 Å². The first-order chi connectivity index (χ1) is 9.63. The summed E-state index contributed by atoms with van der Waals surface area (Å²) in [5.41, 5.74) is 7.49. The van der Waals surface area contributed by atoms with Crippen molar-refractivity contribution in [3.8, 4) is 5.75 Å². The van der Waals surface area contributed by atoms with Gasteiger partial charge in [0.2, 0.25) is 0 Å². The van der Waals surface area contributed by atoms with Gasteiger partial charge in [0.25, 0.3) is 0 Å². The van der Waals surface area contributed by atoms with Crippen LogP contribution in [0.4, 0.5) is 0 Å². The minimum absolute atomic E-state index is 0.0623. The normalized spacial score (nSPS) is 13.0. The van der Waals surface area contributed by atoms with E-state index in [2.05, 4.69) is 29.6 Å². The van der Waals surface area contributed by atoms with Crippen molar-refractivity contribution in [1.82, 2.24) is 0 Å². The molecule has 2 nitrogen and oxygen atoms in total. The number of benzene rings is 1. The van der Waals surface area contributed by atoms with Gasteiger partial charge in [-0.1, -0.05) is 12.1 Å². The van der Waals surface area contributed by atoms with Crippen molar-refractivity contribution in [1.29, 1.82) is 0 Å². The fraction of sp³-hybridized carbons (Fsp3) is 0.250. The molecule has 0 fully saturated rings. The Balaban J connectivity index is 1.82. The van der Waals surface area contributed by atoms with Crippen molar-refractivity contribution in [2.75, 3.05) is 0 Å². The van der Waals surface area contributed by atoms with E-state index >= 15 is 0 Å². The highest BCUT2D eigenvalue weighted by Gasteiger charge is 2.13. The predicted octanol–water partition coefficient (Wildman–Crippen LogP) is 4.80. The molecule has 1 atom stereocenters. The monoisotopic (exact) mass is 303 g/mol. The third-order valence-corrected chi connectivity index (χ3v) is 5.25. The molecule has 0 aliphatic rings. The number of ether oxygens (including phenoxy) is 1. The lowest BCUT2D eigenvalue weighted by Gasteiger charge is -2.13. The molecule has 0 saturated carbocycles. The van der Waals surface area contributed by atoms with E-state index in [0.717, 1.165) is 11.3 Å². The molecule has 0 radical (unpaired) electrons. The van der Waals surface area contributed by atoms with E-state index in [0.29, 0.717) is 0 Å². The minimum Gasteiger partial charge on any atom is -0.491 e. The molecule has 0 saturated heterocycles. The number of hydrogen-bond donors (Lipinski definition) is 1. The summed E-state index contributed by atoms with van der Waals surface area (Å²) in [6.45, 7) is 4.05. The molecule has 0 amide bonds. The van der Waals surface area contributed by atoms with E-state index in [1.54, 1.807) is 22.7 Å². The average molecular weight is 303 g/mol. The van der Waals surface area contributed by atoms with Crippen LogP contribution >= 0.6 is 22.7 Å². The zero-order chi connectivity index (χ0) is 14.1. The molecule has 0 aliphatic heterocycles. The summed E-state index contributed by atoms with van der Waals surface area (Å²) in [7, 11) is 0. The molecular formula is C16H17NOS2. The lowest BCUT2D eigenvalue weighted by molar-refractivity contribution is 0.242. The van der Waals surface area contributed by atoms with Gasteiger partial charge in [0.1, 0.15) is 5.75 Å². The van der Waals surface area contributed by atoms with Gasteiger partial charge in [-0.2, -0.15) is 0 Å². The summed E-state index contributed by atoms with van der Waals surface area (Å²) in [6.07, 6.45) is 0.193. The van der Waals surface area contributed by atoms with Gasteiger partial charge in [0.05, 0.1) is 12.1 Å². The molecule has 0 aliphatic carbocycles. The quantitative estimate of drug-likeness (QED) is 0.751. The van der Waals surface area contributed by atoms with E-state index in [4.69, 9.17) is 10.5 Å². The highest BCUT2D eigenvalue weighted by molar-refractivity contribution is 7.27. The second-order valence-corrected chi connectivity index (χ2v) is 7.07. The number of thiophene rings is 2. The lowest BCUT2D eigenvalue weighted by Crippen LogP contribution is -2.10. The molecule has 2 N–H and O–H groups in total. The summed E-state index contributed by atoms with van der Waals surface area (Å²) in [5, 5.41) is 2.12. The van der Waals surface area contributed by atoms with Crippen LogP contribution in [0.15, 0.2) is 41.8 Å². The fourth-order valence-corrected chi connectivity index (χ4v) is 4.28. The Morgan fingerprint density at radius 1 is 1.05 bits per heavy atom. The summed E-state index contributed by atoms with van der Waals surface area (Å²) < 4.78 is 8.29. The van der Waals surface area contributed by atoms with Crippen molar-refractivity contribution < 1.29 is 4.74 Å². The van der Waals surface area contributed by atoms with Crippen LogP contribution < -0.4 is 10.5 Å². The summed E-state index contributed by atoms with van der Waals surface area (Å²) >= 11 is 3.54. The van der Waals surface area contributed by atoms with Crippen LogP contribution in [0, 0.1) is 0 Å². The number of fused-ring (bicyclic) bond motifs is 1. The molecular weight excluding hydrogens is 286 g/mol. The van der Waals surface area contributed by atoms with E-state index < -0.39 is 0 Å². The van der Waals surface area contributed by atoms with Crippen LogP contribution in [0.2, 0.25) is 0 Å². The van der Waals surface area contributed by atoms with E-state index in [9.17, 15) is 0 Å². The molecule has 1 unspecified atom stereocenters. The Kier molecular flexibility index (Phi) is 3.78. The summed E-state index contributed by atoms with van der Waals surface area (Å²) in [5.74, 6) is 0.892. The Morgan fingerprint density at radius 3 is 2.45 bits per heavy atom. The maximum Gasteiger partial charge on any atom is 0.119 e. The van der Waals surface area contributed by atoms with Gasteiger partial charge < -0.3 is 10.5 Å². The number of hydrogen-bond acceptors (Lipinski definition) is 4. The predicted molar refractivity (Wildman–Crippen MR) is 87.9 cm³/mol. The third-order valence-electron chi connectivity index (χ3n) is 3.08. The Bertz CT molecular complexity index is 668. The van der Waals surface area contributed by atoms with E-state index in [1.165, 1.54) is 14.3 Å². The topological polar surface area (TPSA) is 35.2 Å². The maximum atomic E-state index is 6.36. The van der Waals surface area contributed by atoms with Crippen molar-refractivity contribution in [3.05, 3.63) is 52.2 Å². The van der Waals surface area contributed by atoms with Crippen LogP contribution in [-0.4, -0.2) is 6.10 Å². The zero-order valence-electron chi connectivity index (χ0n) is 11.5. The van der Waals surface area contributed by atoms with Crippen LogP contribution in [0.25, 0.3) is 9.40 Å². The van der Waals surface area contributed by atoms with Crippen LogP contribution in [0.1, 0.15) is 30.3 Å². The van der Waals surface area contributed by atoms with Crippen molar-refractivity contribution in [2.45, 2.75) is 26.0 Å². The molecule has 1 aromatic carbocycles. The second kappa shape index (κ2) is 5.56. The second-order valence-electron chi connectivity index (χ2n) is 5.01. The van der Waals surface area contributed by atoms with Crippen LogP contribution in [-0.2, 0) is 0 Å². The standard InChI is InChI=1S/C16H17NOS2/c1-10(2)18-12-5-3-11(4-6-12)16(17)15-9-14-13(20-15)7-8-19-14/h3-10,16H,17H2,1-2H3. The zero-order valence-corrected chi connectivity index (χ0v) is 13.1. The molecule has 0 bridgehead atoms. The van der Waals surface area contributed by atoms with Gasteiger partial charge in [0, 0.05) is 14.3 Å². The SMILES string of the molecule is CC(C)Oc1ccc(C(N)c2cc3sccc3s2)cc1. The van der Waals surface area contributed by atoms with Crippen LogP contribution in [0.5, 0.6) is 5.75 Å². The smallest absolute Gasteiger partial charge is 0.119 e. The number of rotatable bonds is 4. The first-order valence-corrected chi connectivity index (χ1v) is 8.32. The van der Waals surface area contributed by atoms with Gasteiger partial charge in [-0.15, -0.1) is 22.7 Å². The lowest BCUT2D eigenvalue weighted by atomic mass is 10.1.